The zero-order valence-electron chi connectivity index (χ0n) is 7.98. The van der Waals surface area contributed by atoms with Gasteiger partial charge in [0.25, 0.3) is 0 Å². The van der Waals surface area contributed by atoms with Gasteiger partial charge in [-0.05, 0) is 20.8 Å². The van der Waals surface area contributed by atoms with Gasteiger partial charge in [-0.15, -0.1) is 15.8 Å². The molecule has 0 fully saturated rings. The summed E-state index contributed by atoms with van der Waals surface area (Å²) in [5, 5.41) is 0. The first kappa shape index (κ1) is 22.7. The molecule has 0 radical (unpaired) electrons. The average Bonchev–Trinajstić information content (AvgIpc) is 1.91. The van der Waals surface area contributed by atoms with E-state index in [0.717, 1.165) is 5.76 Å². The number of rotatable bonds is 1. The van der Waals surface area contributed by atoms with Gasteiger partial charge in [-0.1, -0.05) is 26.2 Å². The van der Waals surface area contributed by atoms with Crippen LogP contribution in [-0.2, 0) is 4.52 Å². The van der Waals surface area contributed by atoms with E-state index in [9.17, 15) is 0 Å². The highest BCUT2D eigenvalue weighted by atomic mass is 31.0. The zero-order valence-corrected chi connectivity index (χ0v) is 10.3. The van der Waals surface area contributed by atoms with Crippen LogP contribution in [0.3, 0.4) is 0 Å². The fraction of sp³-hybridized carbons (Fsp3) is 0.556. The number of allylic oxidation sites excluding steroid dienone is 2. The van der Waals surface area contributed by atoms with Crippen molar-refractivity contribution in [2.45, 2.75) is 28.2 Å². The number of hydrogen-bond donors (Lipinski definition) is 0. The van der Waals surface area contributed by atoms with Crippen LogP contribution in [0.2, 0.25) is 0 Å². The number of hydrogen-bond acceptors (Lipinski definition) is 1. The maximum Gasteiger partial charge on any atom is 0.0889 e. The molecule has 0 amide bonds. The Kier molecular flexibility index (Phi) is 42.6. The lowest BCUT2D eigenvalue weighted by atomic mass is 10.4. The standard InChI is InChI=1S/C4H8.C3H7OP.CH5P.CH4/c1-4(2)3;1-3(2)4-5;1-2;/h1H2,2-3H3;1,5H2,2H3;2H2,1H3;1H4. The van der Waals surface area contributed by atoms with Crippen LogP contribution in [0.25, 0.3) is 0 Å². The lowest BCUT2D eigenvalue weighted by molar-refractivity contribution is 0.503. The smallest absolute Gasteiger partial charge is 0.0889 e. The summed E-state index contributed by atoms with van der Waals surface area (Å²) in [6.07, 6.45) is 0. The van der Waals surface area contributed by atoms with Crippen molar-refractivity contribution in [3.63, 3.8) is 0 Å². The molecule has 0 N–H and O–H groups in total. The van der Waals surface area contributed by atoms with Gasteiger partial charge < -0.3 is 4.52 Å². The monoisotopic (exact) mass is 210 g/mol. The van der Waals surface area contributed by atoms with Gasteiger partial charge in [0.05, 0.1) is 15.2 Å². The normalized spacial score (nSPS) is 5.50. The molecule has 0 rings (SSSR count). The summed E-state index contributed by atoms with van der Waals surface area (Å²) in [6.45, 7) is 14.6. The Morgan fingerprint density at radius 1 is 1.08 bits per heavy atom. The van der Waals surface area contributed by atoms with E-state index in [1.165, 1.54) is 5.57 Å². The quantitative estimate of drug-likeness (QED) is 0.360. The summed E-state index contributed by atoms with van der Waals surface area (Å²) in [4.78, 5) is 0. The molecule has 12 heavy (non-hydrogen) atoms. The summed E-state index contributed by atoms with van der Waals surface area (Å²) in [6, 6.07) is 0. The van der Waals surface area contributed by atoms with Crippen molar-refractivity contribution in [1.29, 1.82) is 0 Å². The average molecular weight is 210 g/mol. The SMILES string of the molecule is C.C=C(C)C.C=C(C)OP.CP. The Labute approximate surface area is 83.2 Å². The van der Waals surface area contributed by atoms with Gasteiger partial charge in [-0.25, -0.2) is 0 Å². The van der Waals surface area contributed by atoms with Crippen LogP contribution in [0.15, 0.2) is 24.5 Å². The van der Waals surface area contributed by atoms with Crippen molar-refractivity contribution in [2.75, 3.05) is 6.66 Å². The van der Waals surface area contributed by atoms with Gasteiger partial charge in [-0.3, -0.25) is 0 Å². The minimum atomic E-state index is 0. The third kappa shape index (κ3) is 185. The first-order valence-corrected chi connectivity index (χ1v) is 4.85. The summed E-state index contributed by atoms with van der Waals surface area (Å²) in [5.41, 5.74) is 1.17. The second kappa shape index (κ2) is 22.5. The van der Waals surface area contributed by atoms with Crippen LogP contribution >= 0.6 is 18.7 Å². The topological polar surface area (TPSA) is 9.23 Å². The summed E-state index contributed by atoms with van der Waals surface area (Å²) < 4.78 is 4.47. The highest BCUT2D eigenvalue weighted by Crippen LogP contribution is 1.93. The molecular weight excluding hydrogens is 186 g/mol. The molecular formula is C9H24OP2. The van der Waals surface area contributed by atoms with Crippen molar-refractivity contribution in [1.82, 2.24) is 0 Å². The van der Waals surface area contributed by atoms with Crippen LogP contribution in [0.1, 0.15) is 28.2 Å². The molecule has 3 heteroatoms. The van der Waals surface area contributed by atoms with Gasteiger partial charge in [0.1, 0.15) is 0 Å². The molecule has 0 aliphatic rings. The molecule has 0 spiro atoms. The maximum atomic E-state index is 4.47. The molecule has 0 aromatic rings. The van der Waals surface area contributed by atoms with Crippen LogP contribution in [-0.4, -0.2) is 6.66 Å². The van der Waals surface area contributed by atoms with E-state index in [1.807, 2.05) is 20.5 Å². The largest absolute Gasteiger partial charge is 0.486 e. The van der Waals surface area contributed by atoms with Crippen LogP contribution in [0, 0.1) is 0 Å². The van der Waals surface area contributed by atoms with Gasteiger partial charge in [0.15, 0.2) is 0 Å². The lowest BCUT2D eigenvalue weighted by Gasteiger charge is -1.87. The van der Waals surface area contributed by atoms with E-state index >= 15 is 0 Å². The fourth-order valence-electron chi connectivity index (χ4n) is 0. The summed E-state index contributed by atoms with van der Waals surface area (Å²) in [7, 11) is 4.51. The maximum absolute atomic E-state index is 4.47. The lowest BCUT2D eigenvalue weighted by Crippen LogP contribution is -1.60. The van der Waals surface area contributed by atoms with Crippen LogP contribution in [0.5, 0.6) is 0 Å². The van der Waals surface area contributed by atoms with Gasteiger partial charge in [-0.2, -0.15) is 0 Å². The Hall–Kier alpha value is 0.140. The molecule has 0 aromatic carbocycles. The fourth-order valence-corrected chi connectivity index (χ4v) is 0. The third-order valence-corrected chi connectivity index (χ3v) is 0.604. The molecule has 0 aliphatic heterocycles. The Morgan fingerprint density at radius 2 is 1.17 bits per heavy atom. The van der Waals surface area contributed by atoms with Gasteiger partial charge in [0.2, 0.25) is 0 Å². The van der Waals surface area contributed by atoms with E-state index in [-0.39, 0.29) is 7.43 Å². The molecule has 1 nitrogen and oxygen atoms in total. The van der Waals surface area contributed by atoms with Crippen molar-refractivity contribution < 1.29 is 4.52 Å². The molecule has 2 unspecified atom stereocenters. The Bertz CT molecular complexity index is 96.7. The third-order valence-electron chi connectivity index (χ3n) is 0.201. The Morgan fingerprint density at radius 3 is 1.17 bits per heavy atom. The van der Waals surface area contributed by atoms with Crippen molar-refractivity contribution in [3.8, 4) is 0 Å². The second-order valence-electron chi connectivity index (χ2n) is 2.03. The molecule has 0 aromatic heterocycles. The van der Waals surface area contributed by atoms with Crippen molar-refractivity contribution >= 4 is 18.7 Å². The van der Waals surface area contributed by atoms with Gasteiger partial charge in [0, 0.05) is 0 Å². The van der Waals surface area contributed by atoms with E-state index < -0.39 is 0 Å². The highest BCUT2D eigenvalue weighted by Gasteiger charge is 1.65. The second-order valence-corrected chi connectivity index (χ2v) is 2.26. The minimum absolute atomic E-state index is 0. The van der Waals surface area contributed by atoms with Crippen LogP contribution < -0.4 is 0 Å². The highest BCUT2D eigenvalue weighted by molar-refractivity contribution is 7.15. The first-order chi connectivity index (χ1) is 5.00. The zero-order chi connectivity index (χ0) is 9.86. The van der Waals surface area contributed by atoms with E-state index in [1.54, 1.807) is 6.92 Å². The molecule has 0 saturated heterocycles. The predicted molar refractivity (Wildman–Crippen MR) is 68.5 cm³/mol. The van der Waals surface area contributed by atoms with Crippen LogP contribution in [0.4, 0.5) is 0 Å². The molecule has 0 heterocycles. The molecule has 0 aliphatic carbocycles. The summed E-state index contributed by atoms with van der Waals surface area (Å²) in [5.74, 6) is 0.718. The molecule has 2 atom stereocenters. The Balaban J connectivity index is -0.0000000419. The van der Waals surface area contributed by atoms with Gasteiger partial charge >= 0.3 is 0 Å². The molecule has 76 valence electrons. The molecule has 0 saturated carbocycles. The van der Waals surface area contributed by atoms with Crippen molar-refractivity contribution in [3.05, 3.63) is 24.5 Å². The van der Waals surface area contributed by atoms with E-state index in [0.29, 0.717) is 0 Å². The van der Waals surface area contributed by atoms with E-state index in [2.05, 4.69) is 36.4 Å². The summed E-state index contributed by atoms with van der Waals surface area (Å²) >= 11 is 0. The van der Waals surface area contributed by atoms with Crippen molar-refractivity contribution in [2.24, 2.45) is 0 Å². The molecule has 0 bridgehead atoms. The first-order valence-electron chi connectivity index (χ1n) is 3.22. The van der Waals surface area contributed by atoms with E-state index in [4.69, 9.17) is 0 Å². The predicted octanol–water partition coefficient (Wildman–Crippen LogP) is 4.04. The minimum Gasteiger partial charge on any atom is -0.486 e.